The summed E-state index contributed by atoms with van der Waals surface area (Å²) < 4.78 is 12.2. The molecule has 1 amide bonds. The van der Waals surface area contributed by atoms with E-state index in [9.17, 15) is 4.79 Å². The molecule has 0 aromatic carbocycles. The van der Waals surface area contributed by atoms with Crippen molar-refractivity contribution in [2.45, 2.75) is 25.8 Å². The molecule has 0 saturated carbocycles. The smallest absolute Gasteiger partial charge is 0.222 e. The van der Waals surface area contributed by atoms with Gasteiger partial charge in [0.15, 0.2) is 12.4 Å². The normalized spacial score (nSPS) is 10.6. The monoisotopic (exact) mass is 295 g/mol. The van der Waals surface area contributed by atoms with Crippen LogP contribution in [0.4, 0.5) is 0 Å². The van der Waals surface area contributed by atoms with E-state index in [-0.39, 0.29) is 5.91 Å². The van der Waals surface area contributed by atoms with Crippen LogP contribution in [-0.4, -0.2) is 51.3 Å². The van der Waals surface area contributed by atoms with Crippen molar-refractivity contribution in [3.63, 3.8) is 0 Å². The van der Waals surface area contributed by atoms with E-state index < -0.39 is 0 Å². The summed E-state index contributed by atoms with van der Waals surface area (Å²) in [5, 5.41) is 0. The molecule has 1 aromatic heterocycles. The van der Waals surface area contributed by atoms with Gasteiger partial charge in [0.25, 0.3) is 0 Å². The van der Waals surface area contributed by atoms with Crippen molar-refractivity contribution in [1.82, 2.24) is 4.90 Å². The van der Waals surface area contributed by atoms with Crippen molar-refractivity contribution < 1.29 is 18.8 Å². The van der Waals surface area contributed by atoms with Crippen molar-refractivity contribution in [1.29, 1.82) is 0 Å². The van der Waals surface area contributed by atoms with Crippen LogP contribution >= 0.6 is 0 Å². The third-order valence-electron chi connectivity index (χ3n) is 3.32. The second kappa shape index (κ2) is 11.2. The standard InChI is InChI=1S/C16H27N2O3/c1-20-14-12-18(13-15-21-2)16(19)8-4-7-11-17-9-5-3-6-10-17/h3,5-6,9-10H,4,7-8,11-15H2,1-2H3/q+1. The first-order chi connectivity index (χ1) is 10.3. The number of hydrogen-bond donors (Lipinski definition) is 0. The average molecular weight is 295 g/mol. The van der Waals surface area contributed by atoms with Gasteiger partial charge in [0.05, 0.1) is 13.2 Å². The largest absolute Gasteiger partial charge is 0.383 e. The Balaban J connectivity index is 2.25. The van der Waals surface area contributed by atoms with Crippen molar-refractivity contribution in [2.75, 3.05) is 40.5 Å². The molecule has 0 radical (unpaired) electrons. The maximum absolute atomic E-state index is 12.2. The number of nitrogens with zero attached hydrogens (tertiary/aromatic N) is 2. The number of ether oxygens (including phenoxy) is 2. The van der Waals surface area contributed by atoms with E-state index in [1.165, 1.54) is 0 Å². The molecule has 0 saturated heterocycles. The fraction of sp³-hybridized carbons (Fsp3) is 0.625. The first kappa shape index (κ1) is 17.6. The summed E-state index contributed by atoms with van der Waals surface area (Å²) in [6.45, 7) is 3.34. The number of aromatic nitrogens is 1. The number of hydrogen-bond acceptors (Lipinski definition) is 3. The molecule has 21 heavy (non-hydrogen) atoms. The number of unbranched alkanes of at least 4 members (excludes halogenated alkanes) is 1. The summed E-state index contributed by atoms with van der Waals surface area (Å²) in [5.41, 5.74) is 0. The first-order valence-corrected chi connectivity index (χ1v) is 7.47. The van der Waals surface area contributed by atoms with Crippen LogP contribution in [0, 0.1) is 0 Å². The lowest BCUT2D eigenvalue weighted by Crippen LogP contribution is -2.36. The third-order valence-corrected chi connectivity index (χ3v) is 3.32. The molecule has 0 bridgehead atoms. The molecule has 1 heterocycles. The predicted octanol–water partition coefficient (Wildman–Crippen LogP) is 1.27. The summed E-state index contributed by atoms with van der Waals surface area (Å²) in [7, 11) is 3.30. The van der Waals surface area contributed by atoms with Crippen LogP contribution in [0.25, 0.3) is 0 Å². The van der Waals surface area contributed by atoms with Crippen LogP contribution in [0.15, 0.2) is 30.6 Å². The summed E-state index contributed by atoms with van der Waals surface area (Å²) in [5.74, 6) is 0.183. The second-order valence-corrected chi connectivity index (χ2v) is 4.94. The zero-order valence-electron chi connectivity index (χ0n) is 13.2. The lowest BCUT2D eigenvalue weighted by molar-refractivity contribution is -0.697. The van der Waals surface area contributed by atoms with Gasteiger partial charge in [0.2, 0.25) is 5.91 Å². The van der Waals surface area contributed by atoms with Crippen LogP contribution < -0.4 is 4.57 Å². The van der Waals surface area contributed by atoms with Crippen molar-refractivity contribution in [2.24, 2.45) is 0 Å². The zero-order valence-corrected chi connectivity index (χ0v) is 13.2. The number of amides is 1. The van der Waals surface area contributed by atoms with Crippen molar-refractivity contribution >= 4 is 5.91 Å². The van der Waals surface area contributed by atoms with E-state index in [2.05, 4.69) is 4.57 Å². The number of aryl methyl sites for hydroxylation is 1. The Morgan fingerprint density at radius 2 is 1.62 bits per heavy atom. The van der Waals surface area contributed by atoms with Gasteiger partial charge < -0.3 is 14.4 Å². The molecule has 0 spiro atoms. The molecule has 1 aromatic rings. The van der Waals surface area contributed by atoms with E-state index in [0.29, 0.717) is 32.7 Å². The quantitative estimate of drug-likeness (QED) is 0.456. The van der Waals surface area contributed by atoms with Gasteiger partial charge in [-0.15, -0.1) is 0 Å². The summed E-state index contributed by atoms with van der Waals surface area (Å²) in [6, 6.07) is 6.04. The fourth-order valence-electron chi connectivity index (χ4n) is 2.08. The van der Waals surface area contributed by atoms with Crippen LogP contribution in [-0.2, 0) is 20.8 Å². The van der Waals surface area contributed by atoms with Gasteiger partial charge in [-0.3, -0.25) is 4.79 Å². The number of methoxy groups -OCH3 is 2. The summed E-state index contributed by atoms with van der Waals surface area (Å²) in [4.78, 5) is 14.0. The number of pyridine rings is 1. The van der Waals surface area contributed by atoms with Crippen LogP contribution in [0.5, 0.6) is 0 Å². The maximum Gasteiger partial charge on any atom is 0.222 e. The molecular formula is C16H27N2O3+. The molecule has 5 nitrogen and oxygen atoms in total. The van der Waals surface area contributed by atoms with Gasteiger partial charge in [-0.05, 0) is 6.42 Å². The number of carbonyl (C=O) groups excluding carboxylic acids is 1. The lowest BCUT2D eigenvalue weighted by atomic mass is 10.2. The highest BCUT2D eigenvalue weighted by Crippen LogP contribution is 2.02. The highest BCUT2D eigenvalue weighted by Gasteiger charge is 2.12. The molecule has 0 atom stereocenters. The Morgan fingerprint density at radius 3 is 2.19 bits per heavy atom. The summed E-state index contributed by atoms with van der Waals surface area (Å²) >= 11 is 0. The number of rotatable bonds is 11. The Kier molecular flexibility index (Phi) is 9.40. The van der Waals surface area contributed by atoms with Crippen molar-refractivity contribution in [3.05, 3.63) is 30.6 Å². The molecular weight excluding hydrogens is 268 g/mol. The second-order valence-electron chi connectivity index (χ2n) is 4.94. The molecule has 5 heteroatoms. The topological polar surface area (TPSA) is 42.7 Å². The van der Waals surface area contributed by atoms with Gasteiger partial charge in [-0.25, -0.2) is 4.57 Å². The van der Waals surface area contributed by atoms with Crippen LogP contribution in [0.1, 0.15) is 19.3 Å². The van der Waals surface area contributed by atoms with Gasteiger partial charge in [0.1, 0.15) is 6.54 Å². The molecule has 0 aliphatic rings. The Labute approximate surface area is 127 Å². The minimum atomic E-state index is 0.183. The lowest BCUT2D eigenvalue weighted by Gasteiger charge is -2.21. The fourth-order valence-corrected chi connectivity index (χ4v) is 2.08. The van der Waals surface area contributed by atoms with Gasteiger partial charge in [-0.1, -0.05) is 6.07 Å². The average Bonchev–Trinajstić information content (AvgIpc) is 2.52. The van der Waals surface area contributed by atoms with Gasteiger partial charge in [0, 0.05) is 52.3 Å². The number of carbonyl (C=O) groups is 1. The Hall–Kier alpha value is -1.46. The molecule has 0 N–H and O–H groups in total. The molecule has 0 unspecified atom stereocenters. The SMILES string of the molecule is COCCN(CCOC)C(=O)CCCC[n+]1ccccc1. The Bertz CT molecular complexity index is 376. The maximum atomic E-state index is 12.2. The molecule has 0 aliphatic heterocycles. The van der Waals surface area contributed by atoms with Crippen LogP contribution in [0.3, 0.4) is 0 Å². The van der Waals surface area contributed by atoms with Gasteiger partial charge >= 0.3 is 0 Å². The molecule has 1 rings (SSSR count). The van der Waals surface area contributed by atoms with E-state index in [4.69, 9.17) is 9.47 Å². The van der Waals surface area contributed by atoms with E-state index in [1.807, 2.05) is 35.5 Å². The highest BCUT2D eigenvalue weighted by molar-refractivity contribution is 5.76. The van der Waals surface area contributed by atoms with Gasteiger partial charge in [-0.2, -0.15) is 0 Å². The van der Waals surface area contributed by atoms with Crippen molar-refractivity contribution in [3.8, 4) is 0 Å². The summed E-state index contributed by atoms with van der Waals surface area (Å²) in [6.07, 6.45) is 6.58. The van der Waals surface area contributed by atoms with Crippen LogP contribution in [0.2, 0.25) is 0 Å². The minimum absolute atomic E-state index is 0.183. The van der Waals surface area contributed by atoms with E-state index in [0.717, 1.165) is 19.4 Å². The minimum Gasteiger partial charge on any atom is -0.383 e. The van der Waals surface area contributed by atoms with E-state index >= 15 is 0 Å². The Morgan fingerprint density at radius 1 is 1.00 bits per heavy atom. The molecule has 118 valence electrons. The van der Waals surface area contributed by atoms with E-state index in [1.54, 1.807) is 14.2 Å². The first-order valence-electron chi connectivity index (χ1n) is 7.47. The third kappa shape index (κ3) is 7.78. The molecule has 0 aliphatic carbocycles. The highest BCUT2D eigenvalue weighted by atomic mass is 16.5. The molecule has 0 fully saturated rings. The zero-order chi connectivity index (χ0) is 15.3. The predicted molar refractivity (Wildman–Crippen MR) is 80.8 cm³/mol.